The van der Waals surface area contributed by atoms with Gasteiger partial charge in [0.1, 0.15) is 0 Å². The Hall–Kier alpha value is -1.27. The van der Waals surface area contributed by atoms with E-state index in [0.29, 0.717) is 24.2 Å². The molecule has 0 aromatic heterocycles. The van der Waals surface area contributed by atoms with Crippen molar-refractivity contribution in [3.63, 3.8) is 0 Å². The van der Waals surface area contributed by atoms with Crippen LogP contribution in [0.15, 0.2) is 0 Å². The molecule has 0 bridgehead atoms. The van der Waals surface area contributed by atoms with Crippen molar-refractivity contribution >= 4 is 11.9 Å². The van der Waals surface area contributed by atoms with Gasteiger partial charge in [-0.1, -0.05) is 12.8 Å². The van der Waals surface area contributed by atoms with Crippen molar-refractivity contribution < 1.29 is 27.9 Å². The maximum absolute atomic E-state index is 12.2. The zero-order valence-corrected chi connectivity index (χ0v) is 8.25. The highest BCUT2D eigenvalue weighted by Crippen LogP contribution is 2.52. The van der Waals surface area contributed by atoms with Crippen LogP contribution in [-0.2, 0) is 9.59 Å². The lowest BCUT2D eigenvalue weighted by Gasteiger charge is -2.15. The predicted molar refractivity (Wildman–Crippen MR) is 45.5 cm³/mol. The molecule has 7 heteroatoms. The molecule has 0 aromatic rings. The summed E-state index contributed by atoms with van der Waals surface area (Å²) < 4.78 is 36.7. The first-order valence-electron chi connectivity index (χ1n) is 4.95. The van der Waals surface area contributed by atoms with E-state index >= 15 is 0 Å². The number of carbonyl (C=O) groups is 2. The molecule has 1 aliphatic carbocycles. The van der Waals surface area contributed by atoms with Gasteiger partial charge in [0.05, 0.1) is 6.04 Å². The molecule has 0 spiro atoms. The fourth-order valence-corrected chi connectivity index (χ4v) is 2.59. The Kier molecular flexibility index (Phi) is 2.18. The average molecular weight is 237 g/mol. The van der Waals surface area contributed by atoms with Crippen molar-refractivity contribution in [2.24, 2.45) is 0 Å². The molecule has 2 unspecified atom stereocenters. The largest absolute Gasteiger partial charge is 0.479 e. The number of rotatable bonds is 1. The van der Waals surface area contributed by atoms with Crippen LogP contribution in [0.2, 0.25) is 0 Å². The van der Waals surface area contributed by atoms with E-state index in [2.05, 4.69) is 0 Å². The highest BCUT2D eigenvalue weighted by atomic mass is 19.4. The molecule has 4 nitrogen and oxygen atoms in total. The molecule has 2 atom stereocenters. The summed E-state index contributed by atoms with van der Waals surface area (Å²) in [4.78, 5) is 22.5. The SMILES string of the molecule is O=C(N1C2CCCCC21C(=O)O)C(F)(F)F. The zero-order valence-electron chi connectivity index (χ0n) is 8.25. The second-order valence-corrected chi connectivity index (χ2v) is 4.16. The van der Waals surface area contributed by atoms with E-state index in [-0.39, 0.29) is 6.42 Å². The number of aliphatic carboxylic acids is 1. The van der Waals surface area contributed by atoms with E-state index in [1.54, 1.807) is 0 Å². The highest BCUT2D eigenvalue weighted by molar-refractivity contribution is 5.96. The minimum Gasteiger partial charge on any atom is -0.479 e. The van der Waals surface area contributed by atoms with Gasteiger partial charge in [-0.05, 0) is 12.8 Å². The number of nitrogens with zero attached hydrogens (tertiary/aromatic N) is 1. The fourth-order valence-electron chi connectivity index (χ4n) is 2.59. The molecular formula is C9H10F3NO3. The summed E-state index contributed by atoms with van der Waals surface area (Å²) in [6.45, 7) is 0. The van der Waals surface area contributed by atoms with Crippen LogP contribution in [0.25, 0.3) is 0 Å². The number of likely N-dealkylation sites (tertiary alicyclic amines) is 1. The number of carboxylic acid groups (broad SMARTS) is 1. The number of carboxylic acids is 1. The van der Waals surface area contributed by atoms with Gasteiger partial charge in [-0.3, -0.25) is 4.79 Å². The van der Waals surface area contributed by atoms with Gasteiger partial charge < -0.3 is 10.0 Å². The second kappa shape index (κ2) is 3.11. The molecular weight excluding hydrogens is 227 g/mol. The number of carbonyl (C=O) groups excluding carboxylic acids is 1. The summed E-state index contributed by atoms with van der Waals surface area (Å²) in [5, 5.41) is 8.96. The minimum atomic E-state index is -4.99. The number of hydrogen-bond acceptors (Lipinski definition) is 2. The number of fused-ring (bicyclic) bond motifs is 1. The molecule has 1 aliphatic heterocycles. The fraction of sp³-hybridized carbons (Fsp3) is 0.778. The number of hydrogen-bond donors (Lipinski definition) is 1. The predicted octanol–water partition coefficient (Wildman–Crippen LogP) is 1.16. The maximum Gasteiger partial charge on any atom is 0.471 e. The molecule has 1 N–H and O–H groups in total. The van der Waals surface area contributed by atoms with Gasteiger partial charge in [0.2, 0.25) is 0 Å². The van der Waals surface area contributed by atoms with E-state index in [1.807, 2.05) is 0 Å². The number of alkyl halides is 3. The first-order valence-corrected chi connectivity index (χ1v) is 4.95. The van der Waals surface area contributed by atoms with Gasteiger partial charge in [-0.15, -0.1) is 0 Å². The molecule has 0 radical (unpaired) electrons. The van der Waals surface area contributed by atoms with Crippen molar-refractivity contribution in [1.29, 1.82) is 0 Å². The highest BCUT2D eigenvalue weighted by Gasteiger charge is 2.73. The molecule has 0 aromatic carbocycles. The lowest BCUT2D eigenvalue weighted by atomic mass is 9.89. The van der Waals surface area contributed by atoms with Crippen LogP contribution < -0.4 is 0 Å². The third kappa shape index (κ3) is 1.30. The van der Waals surface area contributed by atoms with Crippen molar-refractivity contribution in [2.75, 3.05) is 0 Å². The second-order valence-electron chi connectivity index (χ2n) is 4.16. The quantitative estimate of drug-likeness (QED) is 0.696. The first kappa shape index (κ1) is 11.2. The molecule has 90 valence electrons. The Morgan fingerprint density at radius 2 is 1.94 bits per heavy atom. The molecule has 1 heterocycles. The van der Waals surface area contributed by atoms with Gasteiger partial charge >= 0.3 is 18.1 Å². The Morgan fingerprint density at radius 3 is 2.38 bits per heavy atom. The van der Waals surface area contributed by atoms with Crippen LogP contribution in [-0.4, -0.2) is 39.6 Å². The molecule has 2 rings (SSSR count). The van der Waals surface area contributed by atoms with Gasteiger partial charge in [0.15, 0.2) is 5.54 Å². The van der Waals surface area contributed by atoms with E-state index in [4.69, 9.17) is 5.11 Å². The molecule has 16 heavy (non-hydrogen) atoms. The first-order chi connectivity index (χ1) is 7.32. The summed E-state index contributed by atoms with van der Waals surface area (Å²) in [5.74, 6) is -3.35. The van der Waals surface area contributed by atoms with Crippen LogP contribution in [0.1, 0.15) is 25.7 Å². The van der Waals surface area contributed by atoms with Crippen LogP contribution >= 0.6 is 0 Å². The van der Waals surface area contributed by atoms with Crippen LogP contribution in [0.5, 0.6) is 0 Å². The van der Waals surface area contributed by atoms with Crippen LogP contribution in [0.3, 0.4) is 0 Å². The maximum atomic E-state index is 12.2. The number of halogens is 3. The topological polar surface area (TPSA) is 57.4 Å². The lowest BCUT2D eigenvalue weighted by Crippen LogP contribution is -2.38. The monoisotopic (exact) mass is 237 g/mol. The summed E-state index contributed by atoms with van der Waals surface area (Å²) in [6, 6.07) is -0.770. The van der Waals surface area contributed by atoms with E-state index in [0.717, 1.165) is 0 Å². The van der Waals surface area contributed by atoms with E-state index < -0.39 is 29.6 Å². The van der Waals surface area contributed by atoms with Gasteiger partial charge in [-0.2, -0.15) is 13.2 Å². The van der Waals surface area contributed by atoms with Crippen LogP contribution in [0, 0.1) is 0 Å². The van der Waals surface area contributed by atoms with Crippen molar-refractivity contribution in [3.8, 4) is 0 Å². The Balaban J connectivity index is 2.25. The third-order valence-electron chi connectivity index (χ3n) is 3.34. The lowest BCUT2D eigenvalue weighted by molar-refractivity contribution is -0.182. The molecule has 2 aliphatic rings. The number of amides is 1. The molecule has 2 fully saturated rings. The summed E-state index contributed by atoms with van der Waals surface area (Å²) in [7, 11) is 0. The van der Waals surface area contributed by atoms with E-state index in [9.17, 15) is 22.8 Å². The van der Waals surface area contributed by atoms with Crippen LogP contribution in [0.4, 0.5) is 13.2 Å². The zero-order chi connectivity index (χ0) is 12.1. The Morgan fingerprint density at radius 1 is 1.31 bits per heavy atom. The smallest absolute Gasteiger partial charge is 0.471 e. The van der Waals surface area contributed by atoms with E-state index in [1.165, 1.54) is 0 Å². The van der Waals surface area contributed by atoms with Gasteiger partial charge in [0, 0.05) is 0 Å². The summed E-state index contributed by atoms with van der Waals surface area (Å²) >= 11 is 0. The minimum absolute atomic E-state index is 0.120. The van der Waals surface area contributed by atoms with Crippen molar-refractivity contribution in [3.05, 3.63) is 0 Å². The Labute approximate surface area is 89.0 Å². The third-order valence-corrected chi connectivity index (χ3v) is 3.34. The van der Waals surface area contributed by atoms with Crippen molar-refractivity contribution in [1.82, 2.24) is 4.90 Å². The molecule has 1 amide bonds. The molecule has 1 saturated carbocycles. The summed E-state index contributed by atoms with van der Waals surface area (Å²) in [5.41, 5.74) is -1.58. The Bertz CT molecular complexity index is 354. The van der Waals surface area contributed by atoms with Crippen molar-refractivity contribution in [2.45, 2.75) is 43.4 Å². The summed E-state index contributed by atoms with van der Waals surface area (Å²) in [6.07, 6.45) is -3.31. The molecule has 1 saturated heterocycles. The average Bonchev–Trinajstić information content (AvgIpc) is 2.85. The normalized spacial score (nSPS) is 33.2. The van der Waals surface area contributed by atoms with Gasteiger partial charge in [0.25, 0.3) is 0 Å². The van der Waals surface area contributed by atoms with Gasteiger partial charge in [-0.25, -0.2) is 4.79 Å². The standard InChI is InChI=1S/C9H10F3NO3/c10-9(11,12)6(14)13-5-3-1-2-4-8(5,13)7(15)16/h5H,1-4H2,(H,15,16).